The van der Waals surface area contributed by atoms with E-state index in [0.717, 1.165) is 12.0 Å². The summed E-state index contributed by atoms with van der Waals surface area (Å²) in [4.78, 5) is 17.0. The van der Waals surface area contributed by atoms with Crippen molar-refractivity contribution >= 4 is 17.4 Å². The van der Waals surface area contributed by atoms with Crippen LogP contribution in [-0.2, 0) is 6.42 Å². The number of hydrogen-bond donors (Lipinski definition) is 2. The summed E-state index contributed by atoms with van der Waals surface area (Å²) in [5.41, 5.74) is 1.04. The Bertz CT molecular complexity index is 499. The van der Waals surface area contributed by atoms with Crippen molar-refractivity contribution in [3.05, 3.63) is 52.5 Å². The molecule has 1 atom stereocenters. The molecule has 0 radical (unpaired) electrons. The van der Waals surface area contributed by atoms with Crippen LogP contribution in [-0.4, -0.2) is 17.6 Å². The number of pyridine rings is 1. The molecule has 2 N–H and O–H groups in total. The van der Waals surface area contributed by atoms with Crippen molar-refractivity contribution < 1.29 is 4.79 Å². The van der Waals surface area contributed by atoms with Gasteiger partial charge in [0.05, 0.1) is 6.04 Å². The summed E-state index contributed by atoms with van der Waals surface area (Å²) >= 11 is 1.71. The van der Waals surface area contributed by atoms with Gasteiger partial charge >= 0.3 is 6.03 Å². The molecule has 0 aliphatic carbocycles. The van der Waals surface area contributed by atoms with E-state index < -0.39 is 0 Å². The lowest BCUT2D eigenvalue weighted by atomic mass is 10.1. The van der Waals surface area contributed by atoms with Crippen LogP contribution in [0.2, 0.25) is 0 Å². The molecule has 1 unspecified atom stereocenters. The summed E-state index contributed by atoms with van der Waals surface area (Å²) in [5.74, 6) is 0. The summed E-state index contributed by atoms with van der Waals surface area (Å²) in [7, 11) is 0. The lowest BCUT2D eigenvalue weighted by Crippen LogP contribution is -2.37. The Morgan fingerprint density at radius 2 is 2.16 bits per heavy atom. The van der Waals surface area contributed by atoms with Crippen molar-refractivity contribution in [2.24, 2.45) is 0 Å². The lowest BCUT2D eigenvalue weighted by Gasteiger charge is -2.14. The second-order valence-corrected chi connectivity index (χ2v) is 5.26. The van der Waals surface area contributed by atoms with Crippen molar-refractivity contribution in [3.8, 4) is 0 Å². The molecule has 0 bridgehead atoms. The highest BCUT2D eigenvalue weighted by molar-refractivity contribution is 7.09. The van der Waals surface area contributed by atoms with E-state index in [1.807, 2.05) is 30.5 Å². The van der Waals surface area contributed by atoms with Crippen LogP contribution in [0.25, 0.3) is 0 Å². The molecule has 0 aromatic carbocycles. The quantitative estimate of drug-likeness (QED) is 0.881. The van der Waals surface area contributed by atoms with Gasteiger partial charge in [0.1, 0.15) is 0 Å². The molecule has 5 heteroatoms. The number of carbonyl (C=O) groups is 1. The molecule has 0 aliphatic heterocycles. The minimum absolute atomic E-state index is 0.0234. The summed E-state index contributed by atoms with van der Waals surface area (Å²) in [6.45, 7) is 2.60. The molecule has 0 aliphatic rings. The van der Waals surface area contributed by atoms with Crippen molar-refractivity contribution in [2.45, 2.75) is 19.4 Å². The zero-order valence-electron chi connectivity index (χ0n) is 10.8. The molecule has 2 amide bonds. The molecule has 2 aromatic heterocycles. The molecular formula is C14H17N3OS. The normalized spacial score (nSPS) is 11.8. The van der Waals surface area contributed by atoms with Gasteiger partial charge in [-0.25, -0.2) is 4.79 Å². The standard InChI is InChI=1S/C14H17N3OS/c1-11(12-4-7-15-8-5-12)17-14(18)16-9-6-13-3-2-10-19-13/h2-5,7-8,10-11H,6,9H2,1H3,(H2,16,17,18). The third-order valence-corrected chi connectivity index (χ3v) is 3.73. The Morgan fingerprint density at radius 1 is 1.37 bits per heavy atom. The first-order valence-electron chi connectivity index (χ1n) is 6.22. The van der Waals surface area contributed by atoms with Crippen molar-refractivity contribution in [1.82, 2.24) is 15.6 Å². The highest BCUT2D eigenvalue weighted by atomic mass is 32.1. The number of nitrogens with one attached hydrogen (secondary N) is 2. The largest absolute Gasteiger partial charge is 0.338 e. The first-order chi connectivity index (χ1) is 9.25. The summed E-state index contributed by atoms with van der Waals surface area (Å²) in [6, 6.07) is 7.73. The zero-order chi connectivity index (χ0) is 13.5. The number of carbonyl (C=O) groups excluding carboxylic acids is 1. The fraction of sp³-hybridized carbons (Fsp3) is 0.286. The Labute approximate surface area is 116 Å². The van der Waals surface area contributed by atoms with E-state index in [1.54, 1.807) is 23.7 Å². The van der Waals surface area contributed by atoms with Crippen LogP contribution in [0.3, 0.4) is 0 Å². The lowest BCUT2D eigenvalue weighted by molar-refractivity contribution is 0.238. The number of aromatic nitrogens is 1. The number of urea groups is 1. The van der Waals surface area contributed by atoms with Gasteiger partial charge in [0.25, 0.3) is 0 Å². The summed E-state index contributed by atoms with van der Waals surface area (Å²) in [5, 5.41) is 7.81. The fourth-order valence-electron chi connectivity index (χ4n) is 1.74. The molecule has 4 nitrogen and oxygen atoms in total. The first kappa shape index (κ1) is 13.5. The predicted octanol–water partition coefficient (Wildman–Crippen LogP) is 2.75. The minimum Gasteiger partial charge on any atom is -0.338 e. The van der Waals surface area contributed by atoms with E-state index in [1.165, 1.54) is 4.88 Å². The van der Waals surface area contributed by atoms with Crippen molar-refractivity contribution in [2.75, 3.05) is 6.54 Å². The highest BCUT2D eigenvalue weighted by Crippen LogP contribution is 2.10. The second-order valence-electron chi connectivity index (χ2n) is 4.23. The van der Waals surface area contributed by atoms with Gasteiger partial charge in [0.15, 0.2) is 0 Å². The summed E-state index contributed by atoms with van der Waals surface area (Å²) in [6.07, 6.45) is 4.32. The topological polar surface area (TPSA) is 54.0 Å². The molecule has 2 heterocycles. The molecule has 0 saturated carbocycles. The van der Waals surface area contributed by atoms with Crippen LogP contribution < -0.4 is 10.6 Å². The number of nitrogens with zero attached hydrogens (tertiary/aromatic N) is 1. The average molecular weight is 275 g/mol. The van der Waals surface area contributed by atoms with Crippen LogP contribution in [0.1, 0.15) is 23.4 Å². The fourth-order valence-corrected chi connectivity index (χ4v) is 2.45. The van der Waals surface area contributed by atoms with Gasteiger partial charge in [-0.1, -0.05) is 6.07 Å². The molecule has 0 saturated heterocycles. The third kappa shape index (κ3) is 4.37. The van der Waals surface area contributed by atoms with E-state index in [-0.39, 0.29) is 12.1 Å². The third-order valence-electron chi connectivity index (χ3n) is 2.79. The molecule has 100 valence electrons. The maximum absolute atomic E-state index is 11.7. The Balaban J connectivity index is 1.72. The van der Waals surface area contributed by atoms with Gasteiger partial charge in [-0.05, 0) is 42.5 Å². The number of rotatable bonds is 5. The van der Waals surface area contributed by atoms with Crippen LogP contribution in [0.15, 0.2) is 42.0 Å². The van der Waals surface area contributed by atoms with Crippen molar-refractivity contribution in [1.29, 1.82) is 0 Å². The molecule has 2 rings (SSSR count). The van der Waals surface area contributed by atoms with Crippen LogP contribution in [0.5, 0.6) is 0 Å². The van der Waals surface area contributed by atoms with Gasteiger partial charge in [-0.2, -0.15) is 0 Å². The smallest absolute Gasteiger partial charge is 0.315 e. The van der Waals surface area contributed by atoms with Gasteiger partial charge < -0.3 is 10.6 Å². The minimum atomic E-state index is -0.138. The Hall–Kier alpha value is -1.88. The van der Waals surface area contributed by atoms with Crippen molar-refractivity contribution in [3.63, 3.8) is 0 Å². The SMILES string of the molecule is CC(NC(=O)NCCc1cccs1)c1ccncc1. The first-order valence-corrected chi connectivity index (χ1v) is 7.10. The van der Waals surface area contributed by atoms with Gasteiger partial charge in [-0.15, -0.1) is 11.3 Å². The van der Waals surface area contributed by atoms with E-state index in [4.69, 9.17) is 0 Å². The van der Waals surface area contributed by atoms with Crippen LogP contribution in [0, 0.1) is 0 Å². The van der Waals surface area contributed by atoms with Crippen LogP contribution >= 0.6 is 11.3 Å². The number of hydrogen-bond acceptors (Lipinski definition) is 3. The number of amides is 2. The van der Waals surface area contributed by atoms with Gasteiger partial charge in [-0.3, -0.25) is 4.98 Å². The maximum atomic E-state index is 11.7. The van der Waals surface area contributed by atoms with E-state index in [2.05, 4.69) is 21.7 Å². The van der Waals surface area contributed by atoms with E-state index in [0.29, 0.717) is 6.54 Å². The zero-order valence-corrected chi connectivity index (χ0v) is 11.6. The van der Waals surface area contributed by atoms with Gasteiger partial charge in [0.2, 0.25) is 0 Å². The molecule has 0 spiro atoms. The maximum Gasteiger partial charge on any atom is 0.315 e. The predicted molar refractivity (Wildman–Crippen MR) is 77.2 cm³/mol. The molecule has 0 fully saturated rings. The number of thiophene rings is 1. The molecule has 19 heavy (non-hydrogen) atoms. The Kier molecular flexibility index (Phi) is 4.92. The average Bonchev–Trinajstić information content (AvgIpc) is 2.93. The van der Waals surface area contributed by atoms with E-state index >= 15 is 0 Å². The van der Waals surface area contributed by atoms with Gasteiger partial charge in [0, 0.05) is 23.8 Å². The highest BCUT2D eigenvalue weighted by Gasteiger charge is 2.08. The summed E-state index contributed by atoms with van der Waals surface area (Å²) < 4.78 is 0. The molecule has 2 aromatic rings. The monoisotopic (exact) mass is 275 g/mol. The molecular weight excluding hydrogens is 258 g/mol. The second kappa shape index (κ2) is 6.89. The van der Waals surface area contributed by atoms with Crippen LogP contribution in [0.4, 0.5) is 4.79 Å². The Morgan fingerprint density at radius 3 is 2.84 bits per heavy atom. The van der Waals surface area contributed by atoms with E-state index in [9.17, 15) is 4.79 Å².